The Labute approximate surface area is 103 Å². The van der Waals surface area contributed by atoms with E-state index in [1.807, 2.05) is 0 Å². The van der Waals surface area contributed by atoms with Crippen molar-refractivity contribution in [2.24, 2.45) is 0 Å². The van der Waals surface area contributed by atoms with Gasteiger partial charge >= 0.3 is 6.09 Å². The Morgan fingerprint density at radius 1 is 1.35 bits per heavy atom. The molecule has 1 rings (SSSR count). The highest BCUT2D eigenvalue weighted by Crippen LogP contribution is 2.38. The molecule has 1 amide bonds. The van der Waals surface area contributed by atoms with Crippen LogP contribution in [0.2, 0.25) is 0 Å². The van der Waals surface area contributed by atoms with Gasteiger partial charge in [0.1, 0.15) is 17.4 Å². The summed E-state index contributed by atoms with van der Waals surface area (Å²) in [5.74, 6) is 0. The number of carbonyl (C=O) groups excluding carboxylic acids is 1. The Kier molecular flexibility index (Phi) is 3.23. The molecule has 0 bridgehead atoms. The van der Waals surface area contributed by atoms with E-state index in [0.29, 0.717) is 0 Å². The average Bonchev–Trinajstić information content (AvgIpc) is 2.11. The number of hydrogen-bond donors (Lipinski definition) is 1. The summed E-state index contributed by atoms with van der Waals surface area (Å²) in [5.41, 5.74) is -2.86. The number of ether oxygens (including phenoxy) is 2. The Morgan fingerprint density at radius 3 is 2.12 bits per heavy atom. The molecule has 5 nitrogen and oxygen atoms in total. The minimum atomic E-state index is -1.37. The molecule has 100 valence electrons. The minimum absolute atomic E-state index is 0.468. The van der Waals surface area contributed by atoms with Crippen molar-refractivity contribution in [2.45, 2.75) is 71.6 Å². The molecule has 0 spiro atoms. The molecular weight excluding hydrogens is 222 g/mol. The molecule has 1 N–H and O–H groups in total. The molecule has 1 fully saturated rings. The number of nitrogens with zero attached hydrogens (tertiary/aromatic N) is 1. The van der Waals surface area contributed by atoms with E-state index in [-0.39, 0.29) is 0 Å². The molecule has 0 radical (unpaired) electrons. The third-order valence-corrected chi connectivity index (χ3v) is 2.80. The van der Waals surface area contributed by atoms with E-state index >= 15 is 0 Å². The van der Waals surface area contributed by atoms with Crippen molar-refractivity contribution in [1.29, 1.82) is 0 Å². The van der Waals surface area contributed by atoms with Gasteiger partial charge < -0.3 is 14.6 Å². The van der Waals surface area contributed by atoms with Crippen LogP contribution >= 0.6 is 0 Å². The van der Waals surface area contributed by atoms with Gasteiger partial charge in [0.25, 0.3) is 0 Å². The van der Waals surface area contributed by atoms with Crippen molar-refractivity contribution in [3.63, 3.8) is 0 Å². The Morgan fingerprint density at radius 2 is 1.82 bits per heavy atom. The molecule has 0 aromatic rings. The van der Waals surface area contributed by atoms with Gasteiger partial charge in [0, 0.05) is 0 Å². The summed E-state index contributed by atoms with van der Waals surface area (Å²) in [6.45, 7) is 12.1. The van der Waals surface area contributed by atoms with Crippen LogP contribution in [0.25, 0.3) is 0 Å². The maximum Gasteiger partial charge on any atom is 0.414 e. The fourth-order valence-electron chi connectivity index (χ4n) is 2.04. The van der Waals surface area contributed by atoms with Crippen molar-refractivity contribution >= 4 is 6.09 Å². The average molecular weight is 245 g/mol. The first kappa shape index (κ1) is 14.3. The van der Waals surface area contributed by atoms with E-state index < -0.39 is 29.2 Å². The van der Waals surface area contributed by atoms with Crippen LogP contribution in [0.4, 0.5) is 4.79 Å². The first-order chi connectivity index (χ1) is 7.38. The van der Waals surface area contributed by atoms with Crippen molar-refractivity contribution in [3.8, 4) is 0 Å². The normalized spacial score (nSPS) is 32.7. The lowest BCUT2D eigenvalue weighted by atomic mass is 10.1. The number of hydrogen-bond acceptors (Lipinski definition) is 4. The molecule has 1 heterocycles. The molecule has 17 heavy (non-hydrogen) atoms. The zero-order valence-corrected chi connectivity index (χ0v) is 11.7. The Hall–Kier alpha value is -0.810. The van der Waals surface area contributed by atoms with Crippen molar-refractivity contribution in [1.82, 2.24) is 4.90 Å². The molecule has 1 saturated heterocycles. The van der Waals surface area contributed by atoms with Gasteiger partial charge in [0.05, 0.1) is 0 Å². The molecule has 2 atom stereocenters. The molecule has 1 unspecified atom stereocenters. The fourth-order valence-corrected chi connectivity index (χ4v) is 2.04. The maximum atomic E-state index is 12.1. The van der Waals surface area contributed by atoms with Crippen molar-refractivity contribution in [3.05, 3.63) is 0 Å². The summed E-state index contributed by atoms with van der Waals surface area (Å²) >= 11 is 0. The van der Waals surface area contributed by atoms with Crippen LogP contribution in [0.3, 0.4) is 0 Å². The van der Waals surface area contributed by atoms with Crippen LogP contribution in [-0.2, 0) is 9.47 Å². The predicted molar refractivity (Wildman–Crippen MR) is 63.3 cm³/mol. The zero-order chi connectivity index (χ0) is 13.6. The molecule has 5 heteroatoms. The van der Waals surface area contributed by atoms with Crippen LogP contribution in [0.5, 0.6) is 0 Å². The molecule has 0 aromatic carbocycles. The fraction of sp³-hybridized carbons (Fsp3) is 0.917. The lowest BCUT2D eigenvalue weighted by Crippen LogP contribution is -2.56. The number of amides is 1. The van der Waals surface area contributed by atoms with Crippen molar-refractivity contribution in [2.75, 3.05) is 0 Å². The van der Waals surface area contributed by atoms with E-state index in [0.717, 1.165) is 0 Å². The number of rotatable bonds is 0. The Bertz CT molecular complexity index is 317. The summed E-state index contributed by atoms with van der Waals surface area (Å²) in [5, 5.41) is 10.3. The third kappa shape index (κ3) is 2.72. The zero-order valence-electron chi connectivity index (χ0n) is 11.7. The Balaban J connectivity index is 2.98. The molecule has 1 aliphatic heterocycles. The first-order valence-corrected chi connectivity index (χ1v) is 5.81. The molecule has 1 aliphatic rings. The van der Waals surface area contributed by atoms with Crippen LogP contribution < -0.4 is 0 Å². The summed E-state index contributed by atoms with van der Waals surface area (Å²) in [6.07, 6.45) is -1.04. The van der Waals surface area contributed by atoms with Crippen LogP contribution in [0.15, 0.2) is 0 Å². The van der Waals surface area contributed by atoms with E-state index in [2.05, 4.69) is 0 Å². The van der Waals surface area contributed by atoms with Crippen molar-refractivity contribution < 1.29 is 19.4 Å². The lowest BCUT2D eigenvalue weighted by Gasteiger charge is -2.37. The van der Waals surface area contributed by atoms with Gasteiger partial charge in [-0.3, -0.25) is 0 Å². The smallest absolute Gasteiger partial charge is 0.414 e. The molecule has 0 saturated carbocycles. The summed E-state index contributed by atoms with van der Waals surface area (Å²) in [4.78, 5) is 13.3. The molecule has 0 aromatic heterocycles. The van der Waals surface area contributed by atoms with Gasteiger partial charge in [0.15, 0.2) is 5.72 Å². The second-order valence-electron chi connectivity index (χ2n) is 6.12. The van der Waals surface area contributed by atoms with E-state index in [1.165, 1.54) is 4.90 Å². The number of aliphatic hydroxyl groups is 1. The molecular formula is C12H23NO4. The van der Waals surface area contributed by atoms with E-state index in [4.69, 9.17) is 9.47 Å². The van der Waals surface area contributed by atoms with E-state index in [9.17, 15) is 9.90 Å². The highest BCUT2D eigenvalue weighted by atomic mass is 16.6. The monoisotopic (exact) mass is 245 g/mol. The lowest BCUT2D eigenvalue weighted by molar-refractivity contribution is -0.106. The summed E-state index contributed by atoms with van der Waals surface area (Å²) in [6, 6.07) is 0. The largest absolute Gasteiger partial charge is 0.444 e. The van der Waals surface area contributed by atoms with Gasteiger partial charge in [0.2, 0.25) is 0 Å². The minimum Gasteiger partial charge on any atom is -0.444 e. The highest BCUT2D eigenvalue weighted by Gasteiger charge is 2.56. The topological polar surface area (TPSA) is 59.0 Å². The second-order valence-corrected chi connectivity index (χ2v) is 6.12. The van der Waals surface area contributed by atoms with Gasteiger partial charge in [-0.2, -0.15) is 0 Å². The summed E-state index contributed by atoms with van der Waals surface area (Å²) in [7, 11) is 0. The number of carbonyl (C=O) groups is 1. The second kappa shape index (κ2) is 3.85. The SMILES string of the molecule is CC1OC(C)(C)N(C(=O)OC(C)(C)C)[C@]1(C)O. The quantitative estimate of drug-likeness (QED) is 0.710. The summed E-state index contributed by atoms with van der Waals surface area (Å²) < 4.78 is 10.9. The van der Waals surface area contributed by atoms with Crippen LogP contribution in [0, 0.1) is 0 Å². The van der Waals surface area contributed by atoms with Crippen LogP contribution in [0.1, 0.15) is 48.5 Å². The predicted octanol–water partition coefficient (Wildman–Crippen LogP) is 2.09. The maximum absolute atomic E-state index is 12.1. The van der Waals surface area contributed by atoms with Crippen LogP contribution in [-0.4, -0.2) is 39.3 Å². The standard InChI is InChI=1S/C12H23NO4/c1-8-12(7,15)13(11(5,6)16-8)9(14)17-10(2,3)4/h8,15H,1-7H3/t8?,12-/m1/s1. The van der Waals surface area contributed by atoms with Gasteiger partial charge in [-0.25, -0.2) is 9.69 Å². The van der Waals surface area contributed by atoms with Gasteiger partial charge in [-0.1, -0.05) is 0 Å². The first-order valence-electron chi connectivity index (χ1n) is 5.81. The molecule has 0 aliphatic carbocycles. The third-order valence-electron chi connectivity index (χ3n) is 2.80. The van der Waals surface area contributed by atoms with E-state index in [1.54, 1.807) is 48.5 Å². The van der Waals surface area contributed by atoms with Gasteiger partial charge in [-0.05, 0) is 48.5 Å². The van der Waals surface area contributed by atoms with Gasteiger partial charge in [-0.15, -0.1) is 0 Å². The highest BCUT2D eigenvalue weighted by molar-refractivity contribution is 5.70.